The summed E-state index contributed by atoms with van der Waals surface area (Å²) in [4.78, 5) is 10.3. The molecule has 1 heterocycles. The molecule has 0 radical (unpaired) electrons. The van der Waals surface area contributed by atoms with Crippen LogP contribution in [0.4, 0.5) is 18.0 Å². The molecule has 2 N–H and O–H groups in total. The van der Waals surface area contributed by atoms with Gasteiger partial charge in [0.15, 0.2) is 0 Å². The molecule has 0 saturated heterocycles. The normalized spacial score (nSPS) is 11.4. The highest BCUT2D eigenvalue weighted by Crippen LogP contribution is 2.20. The molecular weight excluding hydrogens is 251 g/mol. The quantitative estimate of drug-likeness (QED) is 0.871. The molecule has 1 amide bonds. The van der Waals surface area contributed by atoms with Crippen molar-refractivity contribution in [3.8, 4) is 5.19 Å². The van der Waals surface area contributed by atoms with Crippen molar-refractivity contribution < 1.29 is 27.4 Å². The van der Waals surface area contributed by atoms with Crippen molar-refractivity contribution in [1.29, 1.82) is 0 Å². The van der Waals surface area contributed by atoms with Crippen molar-refractivity contribution in [2.24, 2.45) is 5.73 Å². The average Bonchev–Trinajstić information content (AvgIpc) is 2.49. The minimum absolute atomic E-state index is 0.141. The summed E-state index contributed by atoms with van der Waals surface area (Å²) < 4.78 is 43.7. The maximum atomic E-state index is 11.7. The maximum absolute atomic E-state index is 11.7. The minimum Gasteiger partial charge on any atom is -0.380 e. The van der Waals surface area contributed by atoms with Gasteiger partial charge in [-0.1, -0.05) is 16.4 Å². The monoisotopic (exact) mass is 257 g/mol. The van der Waals surface area contributed by atoms with Crippen LogP contribution in [0.3, 0.4) is 0 Å². The summed E-state index contributed by atoms with van der Waals surface area (Å²) in [6.45, 7) is -1.74. The molecule has 0 aliphatic heterocycles. The Morgan fingerprint density at radius 1 is 1.44 bits per heavy atom. The van der Waals surface area contributed by atoms with Gasteiger partial charge in [-0.25, -0.2) is 4.79 Å². The van der Waals surface area contributed by atoms with E-state index in [-0.39, 0.29) is 16.8 Å². The largest absolute Gasteiger partial charge is 0.411 e. The second-order valence-electron chi connectivity index (χ2n) is 2.49. The fourth-order valence-electron chi connectivity index (χ4n) is 0.678. The summed E-state index contributed by atoms with van der Waals surface area (Å²) in [7, 11) is 0. The molecule has 10 heteroatoms. The molecule has 1 aromatic rings. The second kappa shape index (κ2) is 5.07. The van der Waals surface area contributed by atoms with Crippen molar-refractivity contribution in [3.05, 3.63) is 5.01 Å². The van der Waals surface area contributed by atoms with Crippen LogP contribution in [0.1, 0.15) is 5.01 Å². The molecule has 16 heavy (non-hydrogen) atoms. The molecule has 0 atom stereocenters. The number of rotatable bonds is 4. The Balaban J connectivity index is 2.38. The van der Waals surface area contributed by atoms with Crippen molar-refractivity contribution in [2.45, 2.75) is 12.8 Å². The molecule has 0 bridgehead atoms. The molecule has 1 aromatic heterocycles. The molecule has 90 valence electrons. The van der Waals surface area contributed by atoms with E-state index in [9.17, 15) is 18.0 Å². The van der Waals surface area contributed by atoms with Crippen LogP contribution in [0, 0.1) is 0 Å². The number of hydrogen-bond donors (Lipinski definition) is 1. The molecule has 0 aromatic carbocycles. The van der Waals surface area contributed by atoms with Crippen LogP contribution in [0.15, 0.2) is 0 Å². The molecule has 0 saturated carbocycles. The van der Waals surface area contributed by atoms with Gasteiger partial charge in [0.1, 0.15) is 18.2 Å². The number of nitrogens with two attached hydrogens (primary N) is 1. The van der Waals surface area contributed by atoms with Crippen LogP contribution in [-0.4, -0.2) is 29.1 Å². The van der Waals surface area contributed by atoms with Crippen molar-refractivity contribution in [3.63, 3.8) is 0 Å². The summed E-state index contributed by atoms with van der Waals surface area (Å²) >= 11 is 0.774. The van der Waals surface area contributed by atoms with Crippen LogP contribution in [0.5, 0.6) is 5.19 Å². The number of carbonyl (C=O) groups excluding carboxylic acids is 1. The van der Waals surface area contributed by atoms with E-state index >= 15 is 0 Å². The predicted molar refractivity (Wildman–Crippen MR) is 45.8 cm³/mol. The predicted octanol–water partition coefficient (Wildman–Crippen LogP) is 1.07. The van der Waals surface area contributed by atoms with Gasteiger partial charge in [-0.05, 0) is 0 Å². The second-order valence-corrected chi connectivity index (χ2v) is 3.52. The summed E-state index contributed by atoms with van der Waals surface area (Å²) in [5, 5.41) is 6.80. The summed E-state index contributed by atoms with van der Waals surface area (Å²) in [5.41, 5.74) is 4.69. The number of halogens is 3. The molecule has 0 aliphatic carbocycles. The number of aromatic nitrogens is 2. The molecule has 0 aliphatic rings. The zero-order valence-electron chi connectivity index (χ0n) is 7.65. The third-order valence-corrected chi connectivity index (χ3v) is 1.90. The fraction of sp³-hybridized carbons (Fsp3) is 0.500. The first-order chi connectivity index (χ1) is 7.37. The number of carbonyl (C=O) groups is 1. The van der Waals surface area contributed by atoms with E-state index in [1.54, 1.807) is 0 Å². The summed E-state index contributed by atoms with van der Waals surface area (Å²) in [6, 6.07) is 0. The van der Waals surface area contributed by atoms with Gasteiger partial charge >= 0.3 is 17.5 Å². The van der Waals surface area contributed by atoms with E-state index in [0.717, 1.165) is 11.3 Å². The first-order valence-electron chi connectivity index (χ1n) is 3.81. The molecule has 0 fully saturated rings. The highest BCUT2D eigenvalue weighted by molar-refractivity contribution is 7.13. The zero-order valence-corrected chi connectivity index (χ0v) is 8.47. The number of nitrogens with zero attached hydrogens (tertiary/aromatic N) is 2. The van der Waals surface area contributed by atoms with Crippen LogP contribution < -0.4 is 10.5 Å². The van der Waals surface area contributed by atoms with Crippen LogP contribution in [-0.2, 0) is 11.3 Å². The molecule has 1 rings (SSSR count). The Morgan fingerprint density at radius 3 is 2.69 bits per heavy atom. The van der Waals surface area contributed by atoms with E-state index in [4.69, 9.17) is 0 Å². The summed E-state index contributed by atoms with van der Waals surface area (Å²) in [6.07, 6.45) is -5.46. The van der Waals surface area contributed by atoms with Crippen LogP contribution >= 0.6 is 11.3 Å². The van der Waals surface area contributed by atoms with Gasteiger partial charge in [0, 0.05) is 0 Å². The van der Waals surface area contributed by atoms with Gasteiger partial charge in [-0.15, -0.1) is 5.10 Å². The SMILES string of the molecule is NC(=O)Oc1nnc(COCC(F)(F)F)s1. The number of ether oxygens (including phenoxy) is 2. The highest BCUT2D eigenvalue weighted by Gasteiger charge is 2.27. The van der Waals surface area contributed by atoms with Crippen molar-refractivity contribution >= 4 is 17.4 Å². The Kier molecular flexibility index (Phi) is 4.01. The number of amides is 1. The molecule has 0 spiro atoms. The van der Waals surface area contributed by atoms with Crippen molar-refractivity contribution in [1.82, 2.24) is 10.2 Å². The van der Waals surface area contributed by atoms with E-state index in [1.165, 1.54) is 0 Å². The van der Waals surface area contributed by atoms with Crippen LogP contribution in [0.25, 0.3) is 0 Å². The highest BCUT2D eigenvalue weighted by atomic mass is 32.1. The van der Waals surface area contributed by atoms with E-state index in [0.29, 0.717) is 0 Å². The Morgan fingerprint density at radius 2 is 2.12 bits per heavy atom. The lowest BCUT2D eigenvalue weighted by Gasteiger charge is -2.04. The molecular formula is C6H6F3N3O3S. The van der Waals surface area contributed by atoms with Gasteiger partial charge in [0.05, 0.1) is 0 Å². The van der Waals surface area contributed by atoms with Gasteiger partial charge in [0.2, 0.25) is 0 Å². The Labute approximate surface area is 91.2 Å². The van der Waals surface area contributed by atoms with Crippen LogP contribution in [0.2, 0.25) is 0 Å². The third kappa shape index (κ3) is 4.89. The molecule has 0 unspecified atom stereocenters. The summed E-state index contributed by atoms with van der Waals surface area (Å²) in [5.74, 6) is 0. The fourth-order valence-corrected chi connectivity index (χ4v) is 1.31. The Hall–Kier alpha value is -1.42. The van der Waals surface area contributed by atoms with E-state index < -0.39 is 18.9 Å². The number of primary amides is 1. The van der Waals surface area contributed by atoms with E-state index in [1.807, 2.05) is 0 Å². The first kappa shape index (κ1) is 12.6. The Bertz CT molecular complexity index is 367. The van der Waals surface area contributed by atoms with Gasteiger partial charge in [0.25, 0.3) is 0 Å². The third-order valence-electron chi connectivity index (χ3n) is 1.13. The lowest BCUT2D eigenvalue weighted by Crippen LogP contribution is -2.16. The minimum atomic E-state index is -4.39. The smallest absolute Gasteiger partial charge is 0.380 e. The van der Waals surface area contributed by atoms with Gasteiger partial charge in [-0.2, -0.15) is 13.2 Å². The lowest BCUT2D eigenvalue weighted by molar-refractivity contribution is -0.176. The lowest BCUT2D eigenvalue weighted by atomic mass is 10.7. The maximum Gasteiger partial charge on any atom is 0.411 e. The van der Waals surface area contributed by atoms with Crippen molar-refractivity contribution in [2.75, 3.05) is 6.61 Å². The van der Waals surface area contributed by atoms with Gasteiger partial charge in [-0.3, -0.25) is 0 Å². The number of hydrogen-bond acceptors (Lipinski definition) is 6. The topological polar surface area (TPSA) is 87.3 Å². The zero-order chi connectivity index (χ0) is 12.2. The average molecular weight is 257 g/mol. The standard InChI is InChI=1S/C6H6F3N3O3S/c7-6(8,9)2-14-1-3-11-12-5(16-3)15-4(10)13/h1-2H2,(H2,10,13). The number of alkyl halides is 3. The molecule has 6 nitrogen and oxygen atoms in total. The van der Waals surface area contributed by atoms with E-state index in [2.05, 4.69) is 25.4 Å². The first-order valence-corrected chi connectivity index (χ1v) is 4.62. The van der Waals surface area contributed by atoms with Gasteiger partial charge < -0.3 is 15.2 Å².